The zero-order valence-corrected chi connectivity index (χ0v) is 14.5. The van der Waals surface area contributed by atoms with Gasteiger partial charge in [0.05, 0.1) is 11.4 Å². The third kappa shape index (κ3) is 3.78. The van der Waals surface area contributed by atoms with E-state index in [-0.39, 0.29) is 11.5 Å². The first kappa shape index (κ1) is 16.9. The van der Waals surface area contributed by atoms with Crippen molar-refractivity contribution in [2.75, 3.05) is 5.32 Å². The standard InChI is InChI=1S/C19H16ClN3O2/c1-12-18(14-4-3-5-16(10-14)21-13(2)24)11-19(25)23(22-12)17-8-6-15(20)7-9-17/h3-11H,1-2H3,(H,21,24). The van der Waals surface area contributed by atoms with Crippen molar-refractivity contribution in [3.63, 3.8) is 0 Å². The maximum atomic E-state index is 12.5. The van der Waals surface area contributed by atoms with Gasteiger partial charge in [-0.25, -0.2) is 0 Å². The average molecular weight is 354 g/mol. The first-order valence-corrected chi connectivity index (χ1v) is 8.07. The summed E-state index contributed by atoms with van der Waals surface area (Å²) in [6.07, 6.45) is 0. The number of benzene rings is 2. The molecule has 6 heteroatoms. The summed E-state index contributed by atoms with van der Waals surface area (Å²) in [5.41, 5.74) is 3.32. The number of nitrogens with one attached hydrogen (secondary N) is 1. The van der Waals surface area contributed by atoms with E-state index in [4.69, 9.17) is 11.6 Å². The number of aryl methyl sites for hydroxylation is 1. The highest BCUT2D eigenvalue weighted by Gasteiger charge is 2.10. The van der Waals surface area contributed by atoms with Crippen LogP contribution < -0.4 is 10.9 Å². The lowest BCUT2D eigenvalue weighted by Crippen LogP contribution is -2.21. The minimum Gasteiger partial charge on any atom is -0.326 e. The predicted octanol–water partition coefficient (Wildman–Crippen LogP) is 3.82. The molecule has 126 valence electrons. The summed E-state index contributed by atoms with van der Waals surface area (Å²) < 4.78 is 1.34. The fraction of sp³-hybridized carbons (Fsp3) is 0.105. The lowest BCUT2D eigenvalue weighted by Gasteiger charge is -2.11. The van der Waals surface area contributed by atoms with Crippen LogP contribution in [-0.2, 0) is 4.79 Å². The second-order valence-electron chi connectivity index (χ2n) is 5.63. The Morgan fingerprint density at radius 2 is 1.84 bits per heavy atom. The SMILES string of the molecule is CC(=O)Nc1cccc(-c2cc(=O)n(-c3ccc(Cl)cc3)nc2C)c1. The fourth-order valence-electron chi connectivity index (χ4n) is 2.57. The van der Waals surface area contributed by atoms with Crippen LogP contribution in [0.1, 0.15) is 12.6 Å². The molecule has 0 radical (unpaired) electrons. The second kappa shape index (κ2) is 6.91. The van der Waals surface area contributed by atoms with Gasteiger partial charge in [-0.2, -0.15) is 9.78 Å². The number of anilines is 1. The number of nitrogens with zero attached hydrogens (tertiary/aromatic N) is 2. The van der Waals surface area contributed by atoms with Crippen LogP contribution in [0.25, 0.3) is 16.8 Å². The summed E-state index contributed by atoms with van der Waals surface area (Å²) in [5, 5.41) is 7.75. The van der Waals surface area contributed by atoms with Crippen molar-refractivity contribution in [3.05, 3.63) is 75.7 Å². The molecule has 0 bridgehead atoms. The first-order chi connectivity index (χ1) is 11.9. The molecule has 0 spiro atoms. The van der Waals surface area contributed by atoms with Gasteiger partial charge in [0.25, 0.3) is 5.56 Å². The largest absolute Gasteiger partial charge is 0.326 e. The Balaban J connectivity index is 2.05. The van der Waals surface area contributed by atoms with Crippen molar-refractivity contribution >= 4 is 23.2 Å². The fourth-order valence-corrected chi connectivity index (χ4v) is 2.70. The minimum atomic E-state index is -0.243. The topological polar surface area (TPSA) is 64.0 Å². The normalized spacial score (nSPS) is 10.5. The van der Waals surface area contributed by atoms with Gasteiger partial charge >= 0.3 is 0 Å². The highest BCUT2D eigenvalue weighted by atomic mass is 35.5. The van der Waals surface area contributed by atoms with E-state index in [0.717, 1.165) is 11.1 Å². The zero-order valence-electron chi connectivity index (χ0n) is 13.8. The number of hydrogen-bond donors (Lipinski definition) is 1. The molecular weight excluding hydrogens is 338 g/mol. The number of amides is 1. The number of carbonyl (C=O) groups excluding carboxylic acids is 1. The van der Waals surface area contributed by atoms with Gasteiger partial charge in [-0.15, -0.1) is 0 Å². The lowest BCUT2D eigenvalue weighted by molar-refractivity contribution is -0.114. The molecule has 1 aromatic heterocycles. The number of hydrogen-bond acceptors (Lipinski definition) is 3. The maximum absolute atomic E-state index is 12.5. The average Bonchev–Trinajstić information content (AvgIpc) is 2.57. The van der Waals surface area contributed by atoms with E-state index in [2.05, 4.69) is 10.4 Å². The third-order valence-electron chi connectivity index (χ3n) is 3.68. The molecule has 0 aliphatic heterocycles. The van der Waals surface area contributed by atoms with Gasteiger partial charge in [-0.1, -0.05) is 23.7 Å². The van der Waals surface area contributed by atoms with Crippen molar-refractivity contribution < 1.29 is 4.79 Å². The number of halogens is 1. The van der Waals surface area contributed by atoms with Crippen LogP contribution in [0.15, 0.2) is 59.4 Å². The van der Waals surface area contributed by atoms with Crippen LogP contribution in [0.3, 0.4) is 0 Å². The van der Waals surface area contributed by atoms with Gasteiger partial charge in [0, 0.05) is 29.3 Å². The minimum absolute atomic E-state index is 0.148. The van der Waals surface area contributed by atoms with Crippen molar-refractivity contribution in [1.82, 2.24) is 9.78 Å². The molecule has 2 aromatic carbocycles. The highest BCUT2D eigenvalue weighted by molar-refractivity contribution is 6.30. The quantitative estimate of drug-likeness (QED) is 0.778. The van der Waals surface area contributed by atoms with E-state index in [1.165, 1.54) is 11.6 Å². The molecule has 5 nitrogen and oxygen atoms in total. The summed E-state index contributed by atoms with van der Waals surface area (Å²) in [4.78, 5) is 23.7. The molecule has 0 unspecified atom stereocenters. The third-order valence-corrected chi connectivity index (χ3v) is 3.93. The van der Waals surface area contributed by atoms with E-state index in [1.807, 2.05) is 25.1 Å². The molecule has 1 N–H and O–H groups in total. The molecule has 1 amide bonds. The summed E-state index contributed by atoms with van der Waals surface area (Å²) in [5.74, 6) is -0.148. The Hall–Kier alpha value is -2.92. The summed E-state index contributed by atoms with van der Waals surface area (Å²) in [7, 11) is 0. The van der Waals surface area contributed by atoms with Crippen LogP contribution >= 0.6 is 11.6 Å². The van der Waals surface area contributed by atoms with Crippen LogP contribution in [0, 0.1) is 6.92 Å². The van der Waals surface area contributed by atoms with E-state index < -0.39 is 0 Å². The molecule has 0 aliphatic rings. The van der Waals surface area contributed by atoms with Gasteiger partial charge in [0.15, 0.2) is 0 Å². The van der Waals surface area contributed by atoms with Crippen molar-refractivity contribution in [2.45, 2.75) is 13.8 Å². The smallest absolute Gasteiger partial charge is 0.272 e. The molecule has 0 saturated carbocycles. The molecular formula is C19H16ClN3O2. The van der Waals surface area contributed by atoms with Gasteiger partial charge < -0.3 is 5.32 Å². The predicted molar refractivity (Wildman–Crippen MR) is 99.3 cm³/mol. The maximum Gasteiger partial charge on any atom is 0.272 e. The van der Waals surface area contributed by atoms with Crippen molar-refractivity contribution in [3.8, 4) is 16.8 Å². The first-order valence-electron chi connectivity index (χ1n) is 7.69. The Labute approximate surface area is 149 Å². The second-order valence-corrected chi connectivity index (χ2v) is 6.07. The monoisotopic (exact) mass is 353 g/mol. The van der Waals surface area contributed by atoms with Crippen molar-refractivity contribution in [1.29, 1.82) is 0 Å². The highest BCUT2D eigenvalue weighted by Crippen LogP contribution is 2.24. The zero-order chi connectivity index (χ0) is 18.0. The van der Waals surface area contributed by atoms with Gasteiger partial charge in [0.2, 0.25) is 5.91 Å². The lowest BCUT2D eigenvalue weighted by atomic mass is 10.0. The van der Waals surface area contributed by atoms with Crippen LogP contribution in [0.5, 0.6) is 0 Å². The Kier molecular flexibility index (Phi) is 4.67. The molecule has 0 aliphatic carbocycles. The molecule has 0 atom stereocenters. The summed E-state index contributed by atoms with van der Waals surface area (Å²) in [6.45, 7) is 3.29. The molecule has 0 saturated heterocycles. The Morgan fingerprint density at radius 1 is 1.12 bits per heavy atom. The van der Waals surface area contributed by atoms with E-state index in [0.29, 0.717) is 22.1 Å². The molecule has 3 rings (SSSR count). The molecule has 1 heterocycles. The van der Waals surface area contributed by atoms with Crippen molar-refractivity contribution in [2.24, 2.45) is 0 Å². The van der Waals surface area contributed by atoms with Gasteiger partial charge in [-0.05, 0) is 48.9 Å². The Bertz CT molecular complexity index is 994. The molecule has 3 aromatic rings. The van der Waals surface area contributed by atoms with Crippen LogP contribution in [-0.4, -0.2) is 15.7 Å². The van der Waals surface area contributed by atoms with Gasteiger partial charge in [0.1, 0.15) is 0 Å². The van der Waals surface area contributed by atoms with E-state index in [9.17, 15) is 9.59 Å². The number of aromatic nitrogens is 2. The van der Waals surface area contributed by atoms with E-state index in [1.54, 1.807) is 36.4 Å². The van der Waals surface area contributed by atoms with E-state index >= 15 is 0 Å². The summed E-state index contributed by atoms with van der Waals surface area (Å²) >= 11 is 5.89. The molecule has 0 fully saturated rings. The number of carbonyl (C=O) groups is 1. The van der Waals surface area contributed by atoms with Crippen LogP contribution in [0.2, 0.25) is 5.02 Å². The Morgan fingerprint density at radius 3 is 2.52 bits per heavy atom. The van der Waals surface area contributed by atoms with Crippen LogP contribution in [0.4, 0.5) is 5.69 Å². The summed E-state index contributed by atoms with van der Waals surface area (Å²) in [6, 6.07) is 15.8. The molecule has 25 heavy (non-hydrogen) atoms. The number of rotatable bonds is 3. The van der Waals surface area contributed by atoms with Gasteiger partial charge in [-0.3, -0.25) is 9.59 Å².